The van der Waals surface area contributed by atoms with E-state index < -0.39 is 0 Å². The van der Waals surface area contributed by atoms with E-state index >= 15 is 0 Å². The first-order valence-electron chi connectivity index (χ1n) is 7.82. The van der Waals surface area contributed by atoms with Crippen LogP contribution in [-0.4, -0.2) is 11.8 Å². The molecule has 1 heterocycles. The average Bonchev–Trinajstić information content (AvgIpc) is 3.12. The van der Waals surface area contributed by atoms with Gasteiger partial charge in [-0.3, -0.25) is 15.0 Å². The Hall–Kier alpha value is -2.54. The number of rotatable bonds is 8. The van der Waals surface area contributed by atoms with Crippen LogP contribution in [0.15, 0.2) is 63.3 Å². The van der Waals surface area contributed by atoms with E-state index in [2.05, 4.69) is 32.1 Å². The highest BCUT2D eigenvalue weighted by Crippen LogP contribution is 2.14. The second-order valence-corrected chi connectivity index (χ2v) is 6.31. The number of hydrogen-bond acceptors (Lipinski definition) is 4. The number of allylic oxidation sites excluding steroid dienone is 2. The van der Waals surface area contributed by atoms with Crippen LogP contribution in [0.5, 0.6) is 0 Å². The van der Waals surface area contributed by atoms with Gasteiger partial charge in [0.1, 0.15) is 5.76 Å². The Labute approximate surface area is 154 Å². The molecule has 0 unspecified atom stereocenters. The second kappa shape index (κ2) is 9.68. The molecular formula is C18H20BrN3O3. The van der Waals surface area contributed by atoms with Gasteiger partial charge in [-0.15, -0.1) is 0 Å². The van der Waals surface area contributed by atoms with Gasteiger partial charge >= 0.3 is 0 Å². The van der Waals surface area contributed by atoms with Gasteiger partial charge in [0.25, 0.3) is 0 Å². The Morgan fingerprint density at radius 2 is 1.80 bits per heavy atom. The maximum atomic E-state index is 11.8. The van der Waals surface area contributed by atoms with E-state index in [4.69, 9.17) is 4.42 Å². The largest absolute Gasteiger partial charge is 0.469 e. The van der Waals surface area contributed by atoms with Gasteiger partial charge in [0.05, 0.1) is 6.26 Å². The summed E-state index contributed by atoms with van der Waals surface area (Å²) in [7, 11) is 0. The van der Waals surface area contributed by atoms with Gasteiger partial charge in [-0.05, 0) is 43.3 Å². The number of hydrazine groups is 1. The summed E-state index contributed by atoms with van der Waals surface area (Å²) in [5.41, 5.74) is 6.87. The number of benzene rings is 1. The Morgan fingerprint density at radius 1 is 1.08 bits per heavy atom. The lowest BCUT2D eigenvalue weighted by molar-refractivity contribution is -0.124. The molecule has 0 radical (unpaired) electrons. The number of nitrogens with one attached hydrogen (secondary N) is 3. The van der Waals surface area contributed by atoms with Crippen LogP contribution in [0.4, 0.5) is 5.69 Å². The summed E-state index contributed by atoms with van der Waals surface area (Å²) in [6.07, 6.45) is 4.36. The molecule has 0 fully saturated rings. The van der Waals surface area contributed by atoms with E-state index in [9.17, 15) is 9.59 Å². The highest BCUT2D eigenvalue weighted by molar-refractivity contribution is 9.10. The highest BCUT2D eigenvalue weighted by Gasteiger charge is 2.07. The molecule has 2 amide bonds. The standard InChI is InChI=1S/C18H20BrN3O3/c1-13(4-9-16-3-2-12-25-16)21-22-18(24)11-10-17(23)20-15-7-5-14(19)6-8-15/h2-8,12,21H,9-11H2,1H3,(H,20,23)(H,22,24)/b13-4+. The number of furan rings is 1. The van der Waals surface area contributed by atoms with E-state index in [1.807, 2.05) is 37.3 Å². The SMILES string of the molecule is C/C(=C\Cc1ccco1)NNC(=O)CCC(=O)Nc1ccc(Br)cc1. The van der Waals surface area contributed by atoms with Gasteiger partial charge in [-0.2, -0.15) is 0 Å². The molecular weight excluding hydrogens is 386 g/mol. The van der Waals surface area contributed by atoms with Gasteiger partial charge in [-0.25, -0.2) is 0 Å². The molecule has 25 heavy (non-hydrogen) atoms. The fourth-order valence-electron chi connectivity index (χ4n) is 1.95. The summed E-state index contributed by atoms with van der Waals surface area (Å²) in [4.78, 5) is 23.6. The molecule has 7 heteroatoms. The predicted molar refractivity (Wildman–Crippen MR) is 99.5 cm³/mol. The molecule has 2 aromatic rings. The zero-order valence-electron chi connectivity index (χ0n) is 13.8. The van der Waals surface area contributed by atoms with Crippen LogP contribution in [0, 0.1) is 0 Å². The lowest BCUT2D eigenvalue weighted by Gasteiger charge is -2.09. The lowest BCUT2D eigenvalue weighted by atomic mass is 10.2. The third-order valence-electron chi connectivity index (χ3n) is 3.30. The summed E-state index contributed by atoms with van der Waals surface area (Å²) < 4.78 is 6.16. The zero-order valence-corrected chi connectivity index (χ0v) is 15.4. The predicted octanol–water partition coefficient (Wildman–Crippen LogP) is 3.53. The van der Waals surface area contributed by atoms with Crippen molar-refractivity contribution in [3.8, 4) is 0 Å². The minimum absolute atomic E-state index is 0.0980. The summed E-state index contributed by atoms with van der Waals surface area (Å²) in [5, 5.41) is 2.74. The Kier molecular flexibility index (Phi) is 7.28. The van der Waals surface area contributed by atoms with Gasteiger partial charge in [0.2, 0.25) is 11.8 Å². The monoisotopic (exact) mass is 405 g/mol. The van der Waals surface area contributed by atoms with Crippen molar-refractivity contribution in [3.05, 3.63) is 64.7 Å². The average molecular weight is 406 g/mol. The highest BCUT2D eigenvalue weighted by atomic mass is 79.9. The van der Waals surface area contributed by atoms with Gasteiger partial charge in [0, 0.05) is 35.1 Å². The van der Waals surface area contributed by atoms with Crippen LogP contribution >= 0.6 is 15.9 Å². The molecule has 2 rings (SSSR count). The summed E-state index contributed by atoms with van der Waals surface area (Å²) in [6.45, 7) is 1.84. The number of halogens is 1. The van der Waals surface area contributed by atoms with Crippen molar-refractivity contribution in [2.24, 2.45) is 0 Å². The van der Waals surface area contributed by atoms with Crippen molar-refractivity contribution in [2.75, 3.05) is 5.32 Å². The second-order valence-electron chi connectivity index (χ2n) is 5.40. The van der Waals surface area contributed by atoms with Gasteiger partial charge in [-0.1, -0.05) is 22.0 Å². The van der Waals surface area contributed by atoms with Crippen LogP contribution in [0.3, 0.4) is 0 Å². The summed E-state index contributed by atoms with van der Waals surface area (Å²) >= 11 is 3.33. The molecule has 0 saturated carbocycles. The molecule has 132 valence electrons. The van der Waals surface area contributed by atoms with E-state index in [0.29, 0.717) is 12.1 Å². The molecule has 1 aromatic heterocycles. The molecule has 0 aliphatic heterocycles. The Bertz CT molecular complexity index is 725. The number of amides is 2. The molecule has 1 aromatic carbocycles. The number of carbonyl (C=O) groups is 2. The third kappa shape index (κ3) is 7.26. The van der Waals surface area contributed by atoms with Gasteiger partial charge in [0.15, 0.2) is 0 Å². The smallest absolute Gasteiger partial charge is 0.238 e. The first-order valence-corrected chi connectivity index (χ1v) is 8.61. The summed E-state index contributed by atoms with van der Waals surface area (Å²) in [6, 6.07) is 11.0. The lowest BCUT2D eigenvalue weighted by Crippen LogP contribution is -2.36. The van der Waals surface area contributed by atoms with Crippen LogP contribution < -0.4 is 16.2 Å². The first kappa shape index (κ1) is 18.8. The third-order valence-corrected chi connectivity index (χ3v) is 3.82. The van der Waals surface area contributed by atoms with Crippen molar-refractivity contribution in [3.63, 3.8) is 0 Å². The van der Waals surface area contributed by atoms with E-state index in [1.165, 1.54) is 0 Å². The molecule has 0 bridgehead atoms. The number of hydrogen-bond donors (Lipinski definition) is 3. The number of carbonyl (C=O) groups excluding carboxylic acids is 2. The summed E-state index contributed by atoms with van der Waals surface area (Å²) in [5.74, 6) is 0.386. The van der Waals surface area contributed by atoms with Gasteiger partial charge < -0.3 is 15.2 Å². The van der Waals surface area contributed by atoms with Crippen molar-refractivity contribution in [1.29, 1.82) is 0 Å². The minimum Gasteiger partial charge on any atom is -0.469 e. The van der Waals surface area contributed by atoms with Crippen LogP contribution in [-0.2, 0) is 16.0 Å². The fourth-order valence-corrected chi connectivity index (χ4v) is 2.21. The topological polar surface area (TPSA) is 83.4 Å². The fraction of sp³-hybridized carbons (Fsp3) is 0.222. The molecule has 0 aliphatic rings. The van der Waals surface area contributed by atoms with Crippen molar-refractivity contribution >= 4 is 33.4 Å². The zero-order chi connectivity index (χ0) is 18.1. The molecule has 3 N–H and O–H groups in total. The Morgan fingerprint density at radius 3 is 2.48 bits per heavy atom. The Balaban J connectivity index is 1.65. The normalized spacial score (nSPS) is 11.0. The quantitative estimate of drug-likeness (QED) is 0.586. The molecule has 0 spiro atoms. The number of anilines is 1. The van der Waals surface area contributed by atoms with Crippen LogP contribution in [0.25, 0.3) is 0 Å². The maximum Gasteiger partial charge on any atom is 0.238 e. The first-order chi connectivity index (χ1) is 12.0. The van der Waals surface area contributed by atoms with Crippen molar-refractivity contribution in [2.45, 2.75) is 26.2 Å². The molecule has 6 nitrogen and oxygen atoms in total. The van der Waals surface area contributed by atoms with Crippen molar-refractivity contribution < 1.29 is 14.0 Å². The minimum atomic E-state index is -0.253. The van der Waals surface area contributed by atoms with Crippen LogP contribution in [0.1, 0.15) is 25.5 Å². The molecule has 0 aliphatic carbocycles. The van der Waals surface area contributed by atoms with Crippen LogP contribution in [0.2, 0.25) is 0 Å². The van der Waals surface area contributed by atoms with E-state index in [-0.39, 0.29) is 24.7 Å². The van der Waals surface area contributed by atoms with E-state index in [1.54, 1.807) is 18.4 Å². The maximum absolute atomic E-state index is 11.8. The molecule has 0 saturated heterocycles. The van der Waals surface area contributed by atoms with E-state index in [0.717, 1.165) is 15.9 Å². The van der Waals surface area contributed by atoms with Crippen molar-refractivity contribution in [1.82, 2.24) is 10.9 Å². The molecule has 0 atom stereocenters.